The smallest absolute Gasteiger partial charge is 0.261 e. The fraction of sp³-hybridized carbons (Fsp3) is 0.462. The molecule has 2 amide bonds. The predicted molar refractivity (Wildman–Crippen MR) is 138 cm³/mol. The summed E-state index contributed by atoms with van der Waals surface area (Å²) in [5.74, 6) is 0.637. The molecule has 190 valence electrons. The molecule has 10 nitrogen and oxygen atoms in total. The highest BCUT2D eigenvalue weighted by molar-refractivity contribution is 6.09. The Hall–Kier alpha value is -3.66. The fourth-order valence-electron chi connectivity index (χ4n) is 4.90. The van der Waals surface area contributed by atoms with E-state index in [1.807, 2.05) is 26.0 Å². The molecular weight excluding hydrogens is 458 g/mol. The number of fused-ring (bicyclic) bond motifs is 2. The highest BCUT2D eigenvalue weighted by atomic mass is 16.5. The Bertz CT molecular complexity index is 1290. The zero-order valence-corrected chi connectivity index (χ0v) is 21.2. The van der Waals surface area contributed by atoms with Gasteiger partial charge in [-0.1, -0.05) is 0 Å². The molecule has 2 aliphatic heterocycles. The van der Waals surface area contributed by atoms with Crippen LogP contribution in [0.25, 0.3) is 5.65 Å². The van der Waals surface area contributed by atoms with Crippen LogP contribution in [0.5, 0.6) is 5.75 Å². The molecule has 1 fully saturated rings. The molecule has 0 aliphatic carbocycles. The van der Waals surface area contributed by atoms with E-state index in [2.05, 4.69) is 44.4 Å². The van der Waals surface area contributed by atoms with E-state index in [-0.39, 0.29) is 23.5 Å². The summed E-state index contributed by atoms with van der Waals surface area (Å²) in [6, 6.07) is 5.96. The molecule has 0 radical (unpaired) electrons. The summed E-state index contributed by atoms with van der Waals surface area (Å²) in [4.78, 5) is 34.2. The molecule has 2 aromatic heterocycles. The molecule has 0 unspecified atom stereocenters. The first kappa shape index (κ1) is 24.1. The van der Waals surface area contributed by atoms with E-state index >= 15 is 0 Å². The lowest BCUT2D eigenvalue weighted by Crippen LogP contribution is -2.50. The summed E-state index contributed by atoms with van der Waals surface area (Å²) in [6.07, 6.45) is 5.72. The zero-order valence-electron chi connectivity index (χ0n) is 21.2. The number of benzene rings is 1. The minimum absolute atomic E-state index is 0.0431. The van der Waals surface area contributed by atoms with Gasteiger partial charge in [-0.05, 0) is 39.8 Å². The number of hydrogen-bond acceptors (Lipinski definition) is 7. The number of carbonyl (C=O) groups excluding carboxylic acids is 2. The van der Waals surface area contributed by atoms with Crippen molar-refractivity contribution in [3.8, 4) is 5.75 Å². The van der Waals surface area contributed by atoms with Gasteiger partial charge in [0.15, 0.2) is 5.65 Å². The lowest BCUT2D eigenvalue weighted by Gasteiger charge is -2.36. The van der Waals surface area contributed by atoms with Crippen LogP contribution in [0.3, 0.4) is 0 Å². The molecule has 0 atom stereocenters. The van der Waals surface area contributed by atoms with Crippen LogP contribution in [0.4, 0.5) is 11.4 Å². The summed E-state index contributed by atoms with van der Waals surface area (Å²) in [7, 11) is 0. The summed E-state index contributed by atoms with van der Waals surface area (Å²) in [5, 5.41) is 10.3. The van der Waals surface area contributed by atoms with E-state index in [9.17, 15) is 9.59 Å². The molecule has 0 saturated carbocycles. The Balaban J connectivity index is 1.38. The molecule has 0 bridgehead atoms. The van der Waals surface area contributed by atoms with E-state index in [1.54, 1.807) is 23.0 Å². The monoisotopic (exact) mass is 491 g/mol. The summed E-state index contributed by atoms with van der Waals surface area (Å²) < 4.78 is 7.79. The van der Waals surface area contributed by atoms with Crippen LogP contribution >= 0.6 is 0 Å². The Morgan fingerprint density at radius 3 is 2.69 bits per heavy atom. The second kappa shape index (κ2) is 9.42. The second-order valence-electron chi connectivity index (χ2n) is 10.4. The molecule has 2 aliphatic rings. The Labute approximate surface area is 210 Å². The van der Waals surface area contributed by atoms with Gasteiger partial charge in [0, 0.05) is 62.7 Å². The maximum absolute atomic E-state index is 13.3. The van der Waals surface area contributed by atoms with Gasteiger partial charge in [0.2, 0.25) is 5.91 Å². The first-order chi connectivity index (χ1) is 17.2. The highest BCUT2D eigenvalue weighted by Crippen LogP contribution is 2.42. The van der Waals surface area contributed by atoms with Crippen LogP contribution in [-0.2, 0) is 11.2 Å². The van der Waals surface area contributed by atoms with Gasteiger partial charge in [0.1, 0.15) is 16.9 Å². The van der Waals surface area contributed by atoms with Gasteiger partial charge in [-0.15, -0.1) is 0 Å². The van der Waals surface area contributed by atoms with E-state index in [0.29, 0.717) is 17.8 Å². The lowest BCUT2D eigenvalue weighted by atomic mass is 10.0. The van der Waals surface area contributed by atoms with Crippen LogP contribution < -0.4 is 20.3 Å². The average Bonchev–Trinajstić information content (AvgIpc) is 3.37. The van der Waals surface area contributed by atoms with Crippen molar-refractivity contribution >= 4 is 28.8 Å². The molecule has 36 heavy (non-hydrogen) atoms. The molecule has 1 saturated heterocycles. The van der Waals surface area contributed by atoms with Crippen LogP contribution in [0.2, 0.25) is 0 Å². The van der Waals surface area contributed by atoms with Crippen molar-refractivity contribution in [3.05, 3.63) is 47.9 Å². The third-order valence-corrected chi connectivity index (χ3v) is 6.48. The number of amides is 2. The van der Waals surface area contributed by atoms with Crippen LogP contribution in [0.15, 0.2) is 36.8 Å². The Kier molecular flexibility index (Phi) is 6.29. The number of nitrogens with zero attached hydrogens (tertiary/aromatic N) is 5. The topological polar surface area (TPSA) is 104 Å². The third-order valence-electron chi connectivity index (χ3n) is 6.48. The van der Waals surface area contributed by atoms with Gasteiger partial charge in [-0.2, -0.15) is 5.10 Å². The zero-order chi connectivity index (χ0) is 25.4. The van der Waals surface area contributed by atoms with Gasteiger partial charge in [0.25, 0.3) is 5.91 Å². The van der Waals surface area contributed by atoms with Crippen molar-refractivity contribution in [2.24, 2.45) is 0 Å². The predicted octanol–water partition coefficient (Wildman–Crippen LogP) is 2.34. The summed E-state index contributed by atoms with van der Waals surface area (Å²) in [6.45, 7) is 11.4. The maximum Gasteiger partial charge on any atom is 0.261 e. The largest absolute Gasteiger partial charge is 0.487 e. The number of piperazine rings is 1. The first-order valence-corrected chi connectivity index (χ1v) is 12.4. The molecule has 1 aromatic carbocycles. The number of aromatic nitrogens is 3. The maximum atomic E-state index is 13.3. The van der Waals surface area contributed by atoms with Crippen LogP contribution in [0.1, 0.15) is 43.6 Å². The highest BCUT2D eigenvalue weighted by Gasteiger charge is 2.33. The molecule has 0 spiro atoms. The minimum Gasteiger partial charge on any atom is -0.487 e. The van der Waals surface area contributed by atoms with Crippen molar-refractivity contribution in [1.29, 1.82) is 0 Å². The van der Waals surface area contributed by atoms with E-state index in [4.69, 9.17) is 4.74 Å². The Morgan fingerprint density at radius 1 is 1.17 bits per heavy atom. The average molecular weight is 492 g/mol. The molecule has 10 heteroatoms. The van der Waals surface area contributed by atoms with Crippen molar-refractivity contribution in [2.45, 2.75) is 45.8 Å². The molecule has 5 rings (SSSR count). The van der Waals surface area contributed by atoms with Gasteiger partial charge in [-0.3, -0.25) is 14.5 Å². The van der Waals surface area contributed by atoms with Gasteiger partial charge in [0.05, 0.1) is 24.1 Å². The molecule has 3 aromatic rings. The number of nitrogens with one attached hydrogen (secondary N) is 2. The van der Waals surface area contributed by atoms with Gasteiger partial charge < -0.3 is 20.3 Å². The first-order valence-electron chi connectivity index (χ1n) is 12.4. The summed E-state index contributed by atoms with van der Waals surface area (Å²) >= 11 is 0. The number of carbonyl (C=O) groups is 2. The number of ether oxygens (including phenoxy) is 1. The number of hydrogen-bond donors (Lipinski definition) is 2. The van der Waals surface area contributed by atoms with Gasteiger partial charge >= 0.3 is 0 Å². The molecule has 2 N–H and O–H groups in total. The minimum atomic E-state index is -0.295. The van der Waals surface area contributed by atoms with Crippen molar-refractivity contribution in [2.75, 3.05) is 42.9 Å². The van der Waals surface area contributed by atoms with Crippen molar-refractivity contribution < 1.29 is 14.3 Å². The molecule has 4 heterocycles. The van der Waals surface area contributed by atoms with Crippen LogP contribution in [0, 0.1) is 0 Å². The van der Waals surface area contributed by atoms with E-state index in [1.165, 1.54) is 6.20 Å². The van der Waals surface area contributed by atoms with Crippen molar-refractivity contribution in [3.63, 3.8) is 0 Å². The normalized spacial score (nSPS) is 17.2. The fourth-order valence-corrected chi connectivity index (χ4v) is 4.90. The van der Waals surface area contributed by atoms with Crippen molar-refractivity contribution in [1.82, 2.24) is 24.8 Å². The quantitative estimate of drug-likeness (QED) is 0.545. The van der Waals surface area contributed by atoms with Crippen LogP contribution in [-0.4, -0.2) is 75.7 Å². The number of rotatable bonds is 6. The third kappa shape index (κ3) is 4.99. The standard InChI is InChI=1S/C26H33N7O3/c1-17(2)29-23(34)16-31-8-10-32(11-9-31)21-13-22-18(14-26(3,4)36-22)12-20(21)30-25(35)19-15-28-33-7-5-6-27-24(19)33/h5-7,12-13,15,17H,8-11,14,16H2,1-4H3,(H,29,34)(H,30,35). The van der Waals surface area contributed by atoms with E-state index < -0.39 is 0 Å². The van der Waals surface area contributed by atoms with Gasteiger partial charge in [-0.25, -0.2) is 9.50 Å². The summed E-state index contributed by atoms with van der Waals surface area (Å²) in [5.41, 5.74) is 3.35. The molecular formula is C26H33N7O3. The SMILES string of the molecule is CC(C)NC(=O)CN1CCN(c2cc3c(cc2NC(=O)c2cnn4cccnc24)CC(C)(C)O3)CC1. The number of anilines is 2. The van der Waals surface area contributed by atoms with E-state index in [0.717, 1.165) is 55.3 Å². The second-order valence-corrected chi connectivity index (χ2v) is 10.4. The Morgan fingerprint density at radius 2 is 1.94 bits per heavy atom. The lowest BCUT2D eigenvalue weighted by molar-refractivity contribution is -0.122.